The SMILES string of the molecule is CC1CCN(CCCOc2cccc(-c3cccc4c3CCC4Oc3cc(OCc4cncc(C#N)c4)c(CN[C@H](C)CO)cc3Cl)c2Cl)CC1. The maximum Gasteiger partial charge on any atom is 0.142 e. The molecule has 6 rings (SSSR count). The van der Waals surface area contributed by atoms with E-state index in [9.17, 15) is 10.4 Å². The van der Waals surface area contributed by atoms with Crippen LogP contribution in [0.15, 0.2) is 67.0 Å². The van der Waals surface area contributed by atoms with Gasteiger partial charge in [0.25, 0.3) is 0 Å². The van der Waals surface area contributed by atoms with E-state index in [1.54, 1.807) is 12.3 Å². The van der Waals surface area contributed by atoms with Gasteiger partial charge >= 0.3 is 0 Å². The number of aliphatic hydroxyl groups excluding tert-OH is 1. The number of pyridine rings is 1. The minimum Gasteiger partial charge on any atom is -0.492 e. The molecule has 2 atom stereocenters. The fourth-order valence-electron chi connectivity index (χ4n) is 6.81. The average Bonchev–Trinajstić information content (AvgIpc) is 3.57. The normalized spacial score (nSPS) is 16.7. The van der Waals surface area contributed by atoms with Gasteiger partial charge in [-0.05, 0) is 92.9 Å². The molecule has 0 spiro atoms. The number of benzene rings is 3. The zero-order chi connectivity index (χ0) is 35.7. The van der Waals surface area contributed by atoms with E-state index in [-0.39, 0.29) is 25.4 Å². The number of nitrogens with zero attached hydrogens (tertiary/aromatic N) is 3. The van der Waals surface area contributed by atoms with Crippen molar-refractivity contribution in [2.24, 2.45) is 5.92 Å². The molecule has 10 heteroatoms. The maximum absolute atomic E-state index is 9.55. The number of likely N-dealkylation sites (tertiary alicyclic amines) is 1. The largest absolute Gasteiger partial charge is 0.492 e. The summed E-state index contributed by atoms with van der Waals surface area (Å²) in [5, 5.41) is 23.2. The lowest BCUT2D eigenvalue weighted by molar-refractivity contribution is 0.177. The van der Waals surface area contributed by atoms with Crippen LogP contribution >= 0.6 is 23.2 Å². The third kappa shape index (κ3) is 9.34. The second kappa shape index (κ2) is 17.6. The summed E-state index contributed by atoms with van der Waals surface area (Å²) in [6, 6.07) is 19.7. The minimum atomic E-state index is -0.212. The number of hydrogen-bond donors (Lipinski definition) is 2. The fraction of sp³-hybridized carbons (Fsp3) is 0.415. The van der Waals surface area contributed by atoms with Crippen LogP contribution in [-0.2, 0) is 19.6 Å². The van der Waals surface area contributed by atoms with E-state index in [1.165, 1.54) is 37.7 Å². The van der Waals surface area contributed by atoms with E-state index in [1.807, 2.05) is 31.2 Å². The van der Waals surface area contributed by atoms with Gasteiger partial charge in [-0.3, -0.25) is 4.98 Å². The Morgan fingerprint density at radius 1 is 1.00 bits per heavy atom. The van der Waals surface area contributed by atoms with Crippen LogP contribution in [0.2, 0.25) is 10.0 Å². The Kier molecular flexibility index (Phi) is 12.7. The van der Waals surface area contributed by atoms with E-state index in [2.05, 4.69) is 52.5 Å². The summed E-state index contributed by atoms with van der Waals surface area (Å²) >= 11 is 13.9. The Labute approximate surface area is 311 Å². The first-order chi connectivity index (χ1) is 24.8. The molecule has 0 radical (unpaired) electrons. The van der Waals surface area contributed by atoms with Gasteiger partial charge in [0.2, 0.25) is 0 Å². The predicted octanol–water partition coefficient (Wildman–Crippen LogP) is 8.54. The quantitative estimate of drug-likeness (QED) is 0.118. The summed E-state index contributed by atoms with van der Waals surface area (Å²) in [4.78, 5) is 6.69. The number of ether oxygens (including phenoxy) is 3. The van der Waals surface area contributed by atoms with Gasteiger partial charge in [0.1, 0.15) is 36.0 Å². The van der Waals surface area contributed by atoms with E-state index in [4.69, 9.17) is 37.4 Å². The summed E-state index contributed by atoms with van der Waals surface area (Å²) < 4.78 is 19.1. The number of nitriles is 1. The zero-order valence-electron chi connectivity index (χ0n) is 29.3. The molecule has 8 nitrogen and oxygen atoms in total. The lowest BCUT2D eigenvalue weighted by Gasteiger charge is -2.30. The van der Waals surface area contributed by atoms with Gasteiger partial charge < -0.3 is 29.5 Å². The number of hydrogen-bond acceptors (Lipinski definition) is 8. The third-order valence-electron chi connectivity index (χ3n) is 9.84. The van der Waals surface area contributed by atoms with E-state index < -0.39 is 0 Å². The van der Waals surface area contributed by atoms with Gasteiger partial charge in [0.15, 0.2) is 0 Å². The highest BCUT2D eigenvalue weighted by atomic mass is 35.5. The van der Waals surface area contributed by atoms with E-state index in [0.29, 0.717) is 46.0 Å². The van der Waals surface area contributed by atoms with Gasteiger partial charge in [-0.2, -0.15) is 5.26 Å². The van der Waals surface area contributed by atoms with Crippen LogP contribution in [0.25, 0.3) is 11.1 Å². The Balaban J connectivity index is 1.17. The number of rotatable bonds is 15. The molecule has 0 amide bonds. The second-order valence-corrected chi connectivity index (χ2v) is 14.5. The number of nitrogens with one attached hydrogen (secondary N) is 1. The van der Waals surface area contributed by atoms with Crippen molar-refractivity contribution in [1.29, 1.82) is 5.26 Å². The first kappa shape index (κ1) is 36.9. The third-order valence-corrected chi connectivity index (χ3v) is 10.5. The van der Waals surface area contributed by atoms with Crippen LogP contribution in [0.3, 0.4) is 0 Å². The van der Waals surface area contributed by atoms with Crippen molar-refractivity contribution in [1.82, 2.24) is 15.2 Å². The Bertz CT molecular complexity index is 1840. The van der Waals surface area contributed by atoms with Crippen molar-refractivity contribution < 1.29 is 19.3 Å². The van der Waals surface area contributed by atoms with Crippen LogP contribution in [-0.4, -0.2) is 53.9 Å². The zero-order valence-corrected chi connectivity index (χ0v) is 30.8. The Hall–Kier alpha value is -3.84. The number of aliphatic hydroxyl groups is 1. The van der Waals surface area contributed by atoms with Gasteiger partial charge in [0, 0.05) is 54.3 Å². The Morgan fingerprint density at radius 2 is 1.80 bits per heavy atom. The first-order valence-corrected chi connectivity index (χ1v) is 18.6. The van der Waals surface area contributed by atoms with Crippen molar-refractivity contribution in [3.05, 3.63) is 105 Å². The standard InChI is InChI=1S/C41H46Cl2N4O4/c1-27-12-15-47(16-13-27)14-5-17-49-38-9-4-8-35(41(38)43)32-6-3-7-34-33(32)10-11-37(34)51-40-20-39(31(19-36(40)42)24-46-28(2)25-48)50-26-30-18-29(21-44)22-45-23-30/h3-4,6-9,18-20,22-23,27-28,37,46,48H,5,10-17,24-26H2,1-2H3/t28-,37?/m1/s1. The molecular weight excluding hydrogens is 683 g/mol. The van der Waals surface area contributed by atoms with Crippen LogP contribution in [0.1, 0.15) is 73.5 Å². The summed E-state index contributed by atoms with van der Waals surface area (Å²) in [6.45, 7) is 8.91. The number of piperidine rings is 1. The summed E-state index contributed by atoms with van der Waals surface area (Å²) in [7, 11) is 0. The highest BCUT2D eigenvalue weighted by Gasteiger charge is 2.28. The molecule has 0 bridgehead atoms. The molecule has 1 aromatic heterocycles. The van der Waals surface area contributed by atoms with Crippen LogP contribution in [0.5, 0.6) is 17.2 Å². The molecule has 4 aromatic rings. The minimum absolute atomic E-state index is 0.00168. The van der Waals surface area contributed by atoms with Crippen LogP contribution in [0, 0.1) is 17.2 Å². The molecule has 51 heavy (non-hydrogen) atoms. The van der Waals surface area contributed by atoms with Gasteiger partial charge in [-0.25, -0.2) is 0 Å². The molecule has 268 valence electrons. The van der Waals surface area contributed by atoms with Crippen molar-refractivity contribution in [3.63, 3.8) is 0 Å². The molecule has 1 aliphatic carbocycles. The Morgan fingerprint density at radius 3 is 2.61 bits per heavy atom. The van der Waals surface area contributed by atoms with Crippen LogP contribution < -0.4 is 19.5 Å². The highest BCUT2D eigenvalue weighted by Crippen LogP contribution is 2.45. The topological polar surface area (TPSA) is 99.9 Å². The molecular formula is C41H46Cl2N4O4. The van der Waals surface area contributed by atoms with Gasteiger partial charge in [-0.1, -0.05) is 60.5 Å². The predicted molar refractivity (Wildman–Crippen MR) is 202 cm³/mol. The lowest BCUT2D eigenvalue weighted by Crippen LogP contribution is -2.34. The molecule has 0 saturated carbocycles. The fourth-order valence-corrected chi connectivity index (χ4v) is 7.32. The van der Waals surface area contributed by atoms with E-state index >= 15 is 0 Å². The smallest absolute Gasteiger partial charge is 0.142 e. The molecule has 1 unspecified atom stereocenters. The number of halogens is 2. The molecule has 1 aliphatic heterocycles. The summed E-state index contributed by atoms with van der Waals surface area (Å²) in [5.74, 6) is 2.65. The molecule has 3 aromatic carbocycles. The van der Waals surface area contributed by atoms with Gasteiger partial charge in [-0.15, -0.1) is 0 Å². The second-order valence-electron chi connectivity index (χ2n) is 13.7. The molecule has 1 saturated heterocycles. The average molecular weight is 730 g/mol. The van der Waals surface area contributed by atoms with Crippen molar-refractivity contribution in [2.75, 3.05) is 32.8 Å². The summed E-state index contributed by atoms with van der Waals surface area (Å²) in [6.07, 6.45) is 8.12. The van der Waals surface area contributed by atoms with E-state index in [0.717, 1.165) is 59.5 Å². The van der Waals surface area contributed by atoms with Crippen molar-refractivity contribution >= 4 is 23.2 Å². The highest BCUT2D eigenvalue weighted by molar-refractivity contribution is 6.35. The lowest BCUT2D eigenvalue weighted by atomic mass is 9.96. The van der Waals surface area contributed by atoms with Crippen molar-refractivity contribution in [3.8, 4) is 34.4 Å². The molecule has 2 N–H and O–H groups in total. The molecule has 2 aliphatic rings. The van der Waals surface area contributed by atoms with Crippen LogP contribution in [0.4, 0.5) is 0 Å². The van der Waals surface area contributed by atoms with Gasteiger partial charge in [0.05, 0.1) is 28.8 Å². The monoisotopic (exact) mass is 728 g/mol. The first-order valence-electron chi connectivity index (χ1n) is 17.9. The number of fused-ring (bicyclic) bond motifs is 1. The summed E-state index contributed by atoms with van der Waals surface area (Å²) in [5.41, 5.74) is 6.40. The van der Waals surface area contributed by atoms with Crippen molar-refractivity contribution in [2.45, 2.75) is 71.2 Å². The molecule has 1 fully saturated rings. The number of aromatic nitrogens is 1. The maximum atomic E-state index is 9.55. The molecule has 2 heterocycles.